The van der Waals surface area contributed by atoms with Crippen LogP contribution in [0.3, 0.4) is 0 Å². The van der Waals surface area contributed by atoms with E-state index in [0.29, 0.717) is 32.8 Å². The topological polar surface area (TPSA) is 54.0 Å². The molecule has 0 saturated carbocycles. The van der Waals surface area contributed by atoms with E-state index in [9.17, 15) is 4.79 Å². The molecule has 0 aromatic carbocycles. The van der Waals surface area contributed by atoms with Crippen molar-refractivity contribution in [1.29, 1.82) is 0 Å². The minimum atomic E-state index is -0.0913. The molecule has 0 saturated heterocycles. The second-order valence-electron chi connectivity index (χ2n) is 21.5. The van der Waals surface area contributed by atoms with Gasteiger partial charge in [0.15, 0.2) is 0 Å². The van der Waals surface area contributed by atoms with Crippen LogP contribution in [0.2, 0.25) is 0 Å². The summed E-state index contributed by atoms with van der Waals surface area (Å²) in [6.07, 6.45) is 68.3. The van der Waals surface area contributed by atoms with E-state index in [-0.39, 0.29) is 29.1 Å². The Morgan fingerprint density at radius 2 is 0.729 bits per heavy atom. The molecule has 1 atom stereocenters. The van der Waals surface area contributed by atoms with Gasteiger partial charge in [-0.1, -0.05) is 224 Å². The number of nitrogens with zero attached hydrogens (tertiary/aromatic N) is 1. The van der Waals surface area contributed by atoms with Crippen LogP contribution in [0.1, 0.15) is 290 Å². The lowest BCUT2D eigenvalue weighted by Crippen LogP contribution is -3.00. The Morgan fingerprint density at radius 3 is 1.13 bits per heavy atom. The highest BCUT2D eigenvalue weighted by Crippen LogP contribution is 2.15. The SMILES string of the molecule is CCCCCCCC/C=C\CCCCCCCCOCC(C[N+](C)(C)CCOCCOC(=O)CCCCCCC/C=C\CCCCCCCC)OCCCCCCCC/C=C\CCCCCCCC.[Br-]. The first-order valence-electron chi connectivity index (χ1n) is 30.6. The Bertz CT molecular complexity index is 1090. The van der Waals surface area contributed by atoms with Gasteiger partial charge in [0, 0.05) is 19.6 Å². The lowest BCUT2D eigenvalue weighted by molar-refractivity contribution is -0.894. The van der Waals surface area contributed by atoms with Crippen molar-refractivity contribution in [2.24, 2.45) is 0 Å². The number of hydrogen-bond donors (Lipinski definition) is 0. The van der Waals surface area contributed by atoms with Crippen LogP contribution in [0.4, 0.5) is 0 Å². The van der Waals surface area contributed by atoms with Crippen LogP contribution in [-0.4, -0.2) is 83.4 Å². The van der Waals surface area contributed by atoms with Crippen molar-refractivity contribution in [2.45, 2.75) is 297 Å². The van der Waals surface area contributed by atoms with Crippen LogP contribution in [0.25, 0.3) is 0 Å². The minimum absolute atomic E-state index is 0. The fourth-order valence-electron chi connectivity index (χ4n) is 9.10. The van der Waals surface area contributed by atoms with Crippen molar-refractivity contribution in [2.75, 3.05) is 66.8 Å². The van der Waals surface area contributed by atoms with Gasteiger partial charge in [0.05, 0.1) is 33.9 Å². The lowest BCUT2D eigenvalue weighted by Gasteiger charge is -2.33. The molecule has 0 spiro atoms. The highest BCUT2D eigenvalue weighted by molar-refractivity contribution is 5.69. The largest absolute Gasteiger partial charge is 1.00 e. The van der Waals surface area contributed by atoms with Crippen molar-refractivity contribution < 1.29 is 45.2 Å². The minimum Gasteiger partial charge on any atom is -1.00 e. The molecule has 0 aromatic heterocycles. The van der Waals surface area contributed by atoms with Gasteiger partial charge in [-0.25, -0.2) is 0 Å². The quantitative estimate of drug-likeness (QED) is 0.0263. The summed E-state index contributed by atoms with van der Waals surface area (Å²) in [5, 5.41) is 0. The summed E-state index contributed by atoms with van der Waals surface area (Å²) in [5.41, 5.74) is 0. The fraction of sp³-hybridized carbons (Fsp3) is 0.889. The molecule has 0 rings (SSSR count). The third-order valence-electron chi connectivity index (χ3n) is 13.8. The van der Waals surface area contributed by atoms with Crippen molar-refractivity contribution >= 4 is 5.97 Å². The Balaban J connectivity index is 0. The van der Waals surface area contributed by atoms with E-state index in [1.54, 1.807) is 0 Å². The van der Waals surface area contributed by atoms with Crippen LogP contribution >= 0.6 is 0 Å². The maximum absolute atomic E-state index is 12.3. The van der Waals surface area contributed by atoms with Crippen LogP contribution in [0.5, 0.6) is 0 Å². The number of quaternary nitrogens is 1. The van der Waals surface area contributed by atoms with E-state index in [4.69, 9.17) is 18.9 Å². The Kier molecular flexibility index (Phi) is 61.5. The number of unbranched alkanes of at least 4 members (excludes halogenated alkanes) is 35. The third-order valence-corrected chi connectivity index (χ3v) is 13.8. The van der Waals surface area contributed by atoms with E-state index in [1.807, 2.05) is 0 Å². The number of halogens is 1. The van der Waals surface area contributed by atoms with E-state index in [1.165, 1.54) is 238 Å². The van der Waals surface area contributed by atoms with Crippen LogP contribution in [0.15, 0.2) is 36.5 Å². The molecule has 0 aliphatic carbocycles. The molecule has 0 aromatic rings. The van der Waals surface area contributed by atoms with E-state index in [2.05, 4.69) is 71.3 Å². The average Bonchev–Trinajstić information content (AvgIpc) is 3.34. The summed E-state index contributed by atoms with van der Waals surface area (Å²) in [4.78, 5) is 12.3. The zero-order valence-electron chi connectivity index (χ0n) is 47.8. The zero-order valence-corrected chi connectivity index (χ0v) is 49.3. The Labute approximate surface area is 448 Å². The molecule has 6 nitrogen and oxygen atoms in total. The van der Waals surface area contributed by atoms with Crippen molar-refractivity contribution in [3.63, 3.8) is 0 Å². The van der Waals surface area contributed by atoms with Gasteiger partial charge in [-0.15, -0.1) is 0 Å². The molecule has 0 amide bonds. The van der Waals surface area contributed by atoms with Gasteiger partial charge in [0.1, 0.15) is 25.8 Å². The number of ether oxygens (including phenoxy) is 4. The summed E-state index contributed by atoms with van der Waals surface area (Å²) in [5.74, 6) is -0.0913. The molecule has 0 N–H and O–H groups in total. The van der Waals surface area contributed by atoms with Crippen LogP contribution in [0, 0.1) is 0 Å². The molecule has 0 heterocycles. The van der Waals surface area contributed by atoms with Gasteiger partial charge in [-0.05, 0) is 96.3 Å². The number of likely N-dealkylation sites (N-methyl/N-ethyl adjacent to an activating group) is 1. The molecule has 0 aliphatic heterocycles. The summed E-state index contributed by atoms with van der Waals surface area (Å²) >= 11 is 0. The zero-order chi connectivity index (χ0) is 50.1. The predicted molar refractivity (Wildman–Crippen MR) is 303 cm³/mol. The number of esters is 1. The second kappa shape index (κ2) is 60.6. The van der Waals surface area contributed by atoms with E-state index in [0.717, 1.165) is 56.5 Å². The number of allylic oxidation sites excluding steroid dienone is 6. The number of carbonyl (C=O) groups excluding carboxylic acids is 1. The Morgan fingerprint density at radius 1 is 0.386 bits per heavy atom. The van der Waals surface area contributed by atoms with E-state index < -0.39 is 0 Å². The average molecular weight is 1050 g/mol. The van der Waals surface area contributed by atoms with Gasteiger partial charge >= 0.3 is 5.97 Å². The third kappa shape index (κ3) is 59.6. The standard InChI is InChI=1S/C63H122NO5.BrH/c1-6-9-12-15-18-21-24-27-30-33-36-39-42-45-48-51-55-67-61-62(68-56-52-49-46-43-40-37-34-31-28-25-22-19-16-13-10-7-2)60-64(4,5)54-57-66-58-59-69-63(65)53-50-47-44-41-38-35-32-29-26-23-20-17-14-11-8-3;/h27-32,62H,6-26,33-61H2,1-5H3;1H/q+1;/p-1/b30-27-,31-28-,32-29-;. The first-order valence-corrected chi connectivity index (χ1v) is 30.6. The summed E-state index contributed by atoms with van der Waals surface area (Å²) < 4.78 is 25.1. The molecule has 0 fully saturated rings. The highest BCUT2D eigenvalue weighted by atomic mass is 79.9. The summed E-state index contributed by atoms with van der Waals surface area (Å²) in [7, 11) is 4.53. The van der Waals surface area contributed by atoms with Crippen molar-refractivity contribution in [3.8, 4) is 0 Å². The van der Waals surface area contributed by atoms with Crippen LogP contribution < -0.4 is 17.0 Å². The normalized spacial score (nSPS) is 12.5. The molecule has 1 unspecified atom stereocenters. The monoisotopic (exact) mass is 1050 g/mol. The van der Waals surface area contributed by atoms with Crippen molar-refractivity contribution in [1.82, 2.24) is 0 Å². The molecular weight excluding hydrogens is 931 g/mol. The van der Waals surface area contributed by atoms with Gasteiger partial charge in [-0.3, -0.25) is 4.79 Å². The number of rotatable bonds is 58. The smallest absolute Gasteiger partial charge is 0.305 e. The number of hydrogen-bond acceptors (Lipinski definition) is 5. The first-order chi connectivity index (χ1) is 33.9. The summed E-state index contributed by atoms with van der Waals surface area (Å²) in [6, 6.07) is 0. The lowest BCUT2D eigenvalue weighted by atomic mass is 10.1. The van der Waals surface area contributed by atoms with Gasteiger partial charge in [0.2, 0.25) is 0 Å². The summed E-state index contributed by atoms with van der Waals surface area (Å²) in [6.45, 7) is 12.3. The molecule has 7 heteroatoms. The Hall–Kier alpha value is -0.990. The fourth-order valence-corrected chi connectivity index (χ4v) is 9.10. The maximum Gasteiger partial charge on any atom is 0.305 e. The van der Waals surface area contributed by atoms with Gasteiger partial charge in [0.25, 0.3) is 0 Å². The molecule has 0 radical (unpaired) electrons. The van der Waals surface area contributed by atoms with Gasteiger partial charge < -0.3 is 40.4 Å². The van der Waals surface area contributed by atoms with Gasteiger partial charge in [-0.2, -0.15) is 0 Å². The molecule has 0 bridgehead atoms. The van der Waals surface area contributed by atoms with Crippen molar-refractivity contribution in [3.05, 3.63) is 36.5 Å². The maximum atomic E-state index is 12.3. The highest BCUT2D eigenvalue weighted by Gasteiger charge is 2.23. The molecule has 0 aliphatic rings. The molecule has 70 heavy (non-hydrogen) atoms. The molecule has 416 valence electrons. The first kappa shape index (κ1) is 71.1. The van der Waals surface area contributed by atoms with E-state index >= 15 is 0 Å². The molecular formula is C63H122BrNO5. The second-order valence-corrected chi connectivity index (χ2v) is 21.5. The predicted octanol–water partition coefficient (Wildman–Crippen LogP) is 16.1. The number of carbonyl (C=O) groups is 1. The van der Waals surface area contributed by atoms with Crippen LogP contribution in [-0.2, 0) is 23.7 Å².